The van der Waals surface area contributed by atoms with Crippen LogP contribution >= 0.6 is 0 Å². The van der Waals surface area contributed by atoms with Crippen molar-refractivity contribution in [1.82, 2.24) is 9.80 Å². The maximum atomic E-state index is 4.66. The Morgan fingerprint density at radius 2 is 2.12 bits per heavy atom. The number of likely N-dealkylation sites (tertiary alicyclic amines) is 1. The van der Waals surface area contributed by atoms with Crippen LogP contribution in [0.1, 0.15) is 32.6 Å². The van der Waals surface area contributed by atoms with Gasteiger partial charge in [-0.1, -0.05) is 13.3 Å². The van der Waals surface area contributed by atoms with Crippen molar-refractivity contribution in [3.05, 3.63) is 0 Å². The van der Waals surface area contributed by atoms with E-state index in [9.17, 15) is 0 Å². The van der Waals surface area contributed by atoms with Crippen LogP contribution in [0.15, 0.2) is 4.99 Å². The lowest BCUT2D eigenvalue weighted by Crippen LogP contribution is -2.55. The third-order valence-corrected chi connectivity index (χ3v) is 5.05. The monoisotopic (exact) mass is 221 g/mol. The minimum atomic E-state index is 0.643. The molecule has 1 atom stereocenters. The molecule has 1 saturated heterocycles. The van der Waals surface area contributed by atoms with Crippen molar-refractivity contribution >= 4 is 5.96 Å². The molecule has 1 saturated carbocycles. The lowest BCUT2D eigenvalue weighted by Gasteiger charge is -2.53. The summed E-state index contributed by atoms with van der Waals surface area (Å²) in [6.45, 7) is 7.03. The normalized spacial score (nSPS) is 32.9. The highest BCUT2D eigenvalue weighted by atomic mass is 15.4. The summed E-state index contributed by atoms with van der Waals surface area (Å²) in [5, 5.41) is 0. The van der Waals surface area contributed by atoms with E-state index in [1.807, 2.05) is 0 Å². The smallest absolute Gasteiger partial charge is 0.196 e. The fourth-order valence-corrected chi connectivity index (χ4v) is 3.59. The van der Waals surface area contributed by atoms with Crippen molar-refractivity contribution in [1.29, 1.82) is 0 Å². The second-order valence-corrected chi connectivity index (χ2v) is 5.93. The van der Waals surface area contributed by atoms with E-state index in [4.69, 9.17) is 0 Å². The van der Waals surface area contributed by atoms with Gasteiger partial charge in [0, 0.05) is 26.7 Å². The fourth-order valence-electron chi connectivity index (χ4n) is 3.59. The van der Waals surface area contributed by atoms with E-state index in [1.54, 1.807) is 0 Å². The standard InChI is InChI=1S/C13H23N3/c1-11-4-8-16(10-13(11)5-3-6-13)12-14-7-9-15(12)2/h11H,3-10H2,1-2H3. The molecule has 0 N–H and O–H groups in total. The summed E-state index contributed by atoms with van der Waals surface area (Å²) in [5.41, 5.74) is 0.643. The van der Waals surface area contributed by atoms with Crippen LogP contribution in [0.4, 0.5) is 0 Å². The third kappa shape index (κ3) is 1.44. The number of nitrogens with zero attached hydrogens (tertiary/aromatic N) is 3. The summed E-state index contributed by atoms with van der Waals surface area (Å²) < 4.78 is 0. The molecule has 3 aliphatic rings. The van der Waals surface area contributed by atoms with E-state index in [0.717, 1.165) is 19.0 Å². The first-order valence-electron chi connectivity index (χ1n) is 6.72. The number of likely N-dealkylation sites (N-methyl/N-ethyl adjacent to an activating group) is 1. The van der Waals surface area contributed by atoms with Gasteiger partial charge in [-0.05, 0) is 30.6 Å². The summed E-state index contributed by atoms with van der Waals surface area (Å²) in [4.78, 5) is 9.53. The molecule has 16 heavy (non-hydrogen) atoms. The van der Waals surface area contributed by atoms with Gasteiger partial charge in [-0.3, -0.25) is 4.99 Å². The first kappa shape index (κ1) is 10.4. The molecule has 0 radical (unpaired) electrons. The highest BCUT2D eigenvalue weighted by molar-refractivity contribution is 5.81. The number of piperidine rings is 1. The lowest BCUT2D eigenvalue weighted by atomic mass is 9.59. The number of hydrogen-bond donors (Lipinski definition) is 0. The number of rotatable bonds is 0. The average Bonchev–Trinajstić information content (AvgIpc) is 2.63. The summed E-state index contributed by atoms with van der Waals surface area (Å²) in [7, 11) is 2.18. The Labute approximate surface area is 98.5 Å². The van der Waals surface area contributed by atoms with Gasteiger partial charge in [-0.25, -0.2) is 0 Å². The van der Waals surface area contributed by atoms with Crippen molar-refractivity contribution in [2.75, 3.05) is 33.2 Å². The van der Waals surface area contributed by atoms with Gasteiger partial charge < -0.3 is 9.80 Å². The lowest BCUT2D eigenvalue weighted by molar-refractivity contribution is -0.00674. The predicted molar refractivity (Wildman–Crippen MR) is 66.6 cm³/mol. The van der Waals surface area contributed by atoms with Crippen LogP contribution < -0.4 is 0 Å². The summed E-state index contributed by atoms with van der Waals surface area (Å²) in [6, 6.07) is 0. The Balaban J connectivity index is 1.74. The molecule has 90 valence electrons. The van der Waals surface area contributed by atoms with Crippen LogP contribution in [0.25, 0.3) is 0 Å². The van der Waals surface area contributed by atoms with Crippen LogP contribution in [0.3, 0.4) is 0 Å². The van der Waals surface area contributed by atoms with Gasteiger partial charge in [0.05, 0.1) is 6.54 Å². The molecule has 0 aromatic rings. The Bertz CT molecular complexity index is 306. The fraction of sp³-hybridized carbons (Fsp3) is 0.923. The Hall–Kier alpha value is -0.730. The van der Waals surface area contributed by atoms with Crippen LogP contribution in [-0.4, -0.2) is 49.0 Å². The second-order valence-electron chi connectivity index (χ2n) is 5.93. The molecule has 2 aliphatic heterocycles. The Morgan fingerprint density at radius 1 is 1.31 bits per heavy atom. The van der Waals surface area contributed by atoms with E-state index < -0.39 is 0 Å². The minimum absolute atomic E-state index is 0.643. The van der Waals surface area contributed by atoms with Gasteiger partial charge in [0.2, 0.25) is 0 Å². The van der Waals surface area contributed by atoms with E-state index in [1.165, 1.54) is 44.7 Å². The van der Waals surface area contributed by atoms with Crippen molar-refractivity contribution in [3.63, 3.8) is 0 Å². The predicted octanol–water partition coefficient (Wildman–Crippen LogP) is 1.80. The molecule has 0 bridgehead atoms. The zero-order valence-electron chi connectivity index (χ0n) is 10.6. The summed E-state index contributed by atoms with van der Waals surface area (Å²) in [5.74, 6) is 2.18. The topological polar surface area (TPSA) is 18.8 Å². The molecule has 0 aromatic heterocycles. The average molecular weight is 221 g/mol. The third-order valence-electron chi connectivity index (χ3n) is 5.05. The molecular weight excluding hydrogens is 198 g/mol. The van der Waals surface area contributed by atoms with Crippen molar-refractivity contribution < 1.29 is 0 Å². The van der Waals surface area contributed by atoms with Crippen LogP contribution in [0.5, 0.6) is 0 Å². The zero-order valence-corrected chi connectivity index (χ0v) is 10.6. The first-order chi connectivity index (χ1) is 7.71. The van der Waals surface area contributed by atoms with Crippen molar-refractivity contribution in [2.24, 2.45) is 16.3 Å². The van der Waals surface area contributed by atoms with Gasteiger partial charge in [0.1, 0.15) is 0 Å². The van der Waals surface area contributed by atoms with E-state index in [2.05, 4.69) is 28.8 Å². The van der Waals surface area contributed by atoms with Gasteiger partial charge in [-0.2, -0.15) is 0 Å². The molecule has 3 nitrogen and oxygen atoms in total. The molecule has 2 fully saturated rings. The Morgan fingerprint density at radius 3 is 2.69 bits per heavy atom. The maximum absolute atomic E-state index is 4.66. The maximum Gasteiger partial charge on any atom is 0.196 e. The number of guanidine groups is 1. The quantitative estimate of drug-likeness (QED) is 0.621. The van der Waals surface area contributed by atoms with Gasteiger partial charge in [0.25, 0.3) is 0 Å². The largest absolute Gasteiger partial charge is 0.344 e. The number of aliphatic imine (C=N–C) groups is 1. The SMILES string of the molecule is CC1CCN(C2=NCCN2C)CC12CCC2. The highest BCUT2D eigenvalue weighted by Gasteiger charge is 2.46. The van der Waals surface area contributed by atoms with Crippen LogP contribution in [0, 0.1) is 11.3 Å². The zero-order chi connectivity index (χ0) is 11.2. The van der Waals surface area contributed by atoms with Crippen LogP contribution in [-0.2, 0) is 0 Å². The van der Waals surface area contributed by atoms with Crippen LogP contribution in [0.2, 0.25) is 0 Å². The van der Waals surface area contributed by atoms with E-state index in [0.29, 0.717) is 5.41 Å². The van der Waals surface area contributed by atoms with Crippen molar-refractivity contribution in [2.45, 2.75) is 32.6 Å². The molecule has 1 spiro atoms. The minimum Gasteiger partial charge on any atom is -0.344 e. The first-order valence-corrected chi connectivity index (χ1v) is 6.72. The van der Waals surface area contributed by atoms with Gasteiger partial charge >= 0.3 is 0 Å². The molecule has 3 rings (SSSR count). The molecule has 2 heterocycles. The van der Waals surface area contributed by atoms with Gasteiger partial charge in [0.15, 0.2) is 5.96 Å². The highest BCUT2D eigenvalue weighted by Crippen LogP contribution is 2.51. The molecule has 1 aliphatic carbocycles. The molecule has 3 heteroatoms. The molecule has 0 aromatic carbocycles. The summed E-state index contributed by atoms with van der Waals surface area (Å²) in [6.07, 6.45) is 5.69. The second kappa shape index (κ2) is 3.64. The van der Waals surface area contributed by atoms with E-state index in [-0.39, 0.29) is 0 Å². The van der Waals surface area contributed by atoms with Gasteiger partial charge in [-0.15, -0.1) is 0 Å². The Kier molecular flexibility index (Phi) is 2.37. The number of hydrogen-bond acceptors (Lipinski definition) is 3. The summed E-state index contributed by atoms with van der Waals surface area (Å²) >= 11 is 0. The molecule has 0 amide bonds. The van der Waals surface area contributed by atoms with E-state index >= 15 is 0 Å². The van der Waals surface area contributed by atoms with Crippen molar-refractivity contribution in [3.8, 4) is 0 Å². The molecule has 1 unspecified atom stereocenters. The molecular formula is C13H23N3.